The predicted molar refractivity (Wildman–Crippen MR) is 96.4 cm³/mol. The number of hydrogen-bond donors (Lipinski definition) is 1. The molecule has 2 N–H and O–H groups in total. The molecule has 2 amide bonds. The van der Waals surface area contributed by atoms with Crippen LogP contribution < -0.4 is 20.1 Å². The maximum absolute atomic E-state index is 12.6. The number of rotatable bonds is 4. The average Bonchev–Trinajstić information content (AvgIpc) is 3.19. The molecule has 0 bridgehead atoms. The first-order valence-electron chi connectivity index (χ1n) is 8.10. The Labute approximate surface area is 153 Å². The third-order valence-electron chi connectivity index (χ3n) is 4.69. The van der Waals surface area contributed by atoms with E-state index in [9.17, 15) is 9.59 Å². The monoisotopic (exact) mass is 369 g/mol. The molecular weight excluding hydrogens is 346 g/mol. The maximum Gasteiger partial charge on any atom is 0.228 e. The van der Waals surface area contributed by atoms with Gasteiger partial charge in [-0.25, -0.2) is 0 Å². The maximum atomic E-state index is 12.6. The van der Waals surface area contributed by atoms with Crippen LogP contribution >= 0.6 is 12.4 Å². The molecule has 2 aliphatic heterocycles. The molecule has 8 heteroatoms. The van der Waals surface area contributed by atoms with Gasteiger partial charge in [-0.05, 0) is 18.6 Å². The van der Waals surface area contributed by atoms with E-state index in [1.807, 2.05) is 0 Å². The molecule has 2 atom stereocenters. The molecule has 0 aliphatic carbocycles. The largest absolute Gasteiger partial charge is 0.497 e. The summed E-state index contributed by atoms with van der Waals surface area (Å²) in [5.41, 5.74) is 6.54. The van der Waals surface area contributed by atoms with Gasteiger partial charge in [0.05, 0.1) is 25.8 Å². The van der Waals surface area contributed by atoms with Gasteiger partial charge in [0.25, 0.3) is 0 Å². The Bertz CT molecular complexity index is 655. The summed E-state index contributed by atoms with van der Waals surface area (Å²) in [5, 5.41) is 0. The third kappa shape index (κ3) is 3.82. The van der Waals surface area contributed by atoms with Crippen molar-refractivity contribution in [1.29, 1.82) is 0 Å². The Morgan fingerprint density at radius 1 is 1.24 bits per heavy atom. The van der Waals surface area contributed by atoms with Gasteiger partial charge in [-0.15, -0.1) is 12.4 Å². The number of nitrogens with two attached hydrogens (primary N) is 1. The number of benzene rings is 1. The van der Waals surface area contributed by atoms with Crippen molar-refractivity contribution in [1.82, 2.24) is 4.90 Å². The SMILES string of the molecule is COc1ccc(N2CC(C(=O)N3CC[C@@H](N)C3)CC2=O)c(OC)c1.Cl. The van der Waals surface area contributed by atoms with Crippen molar-refractivity contribution in [3.05, 3.63) is 18.2 Å². The van der Waals surface area contributed by atoms with Gasteiger partial charge < -0.3 is 25.0 Å². The summed E-state index contributed by atoms with van der Waals surface area (Å²) < 4.78 is 10.6. The van der Waals surface area contributed by atoms with Crippen LogP contribution in [0.25, 0.3) is 0 Å². The fourth-order valence-electron chi connectivity index (χ4n) is 3.36. The Hall–Kier alpha value is -1.99. The Morgan fingerprint density at radius 2 is 2.00 bits per heavy atom. The molecule has 0 radical (unpaired) electrons. The van der Waals surface area contributed by atoms with Crippen LogP contribution in [0.2, 0.25) is 0 Å². The Balaban J connectivity index is 0.00000225. The second-order valence-electron chi connectivity index (χ2n) is 6.28. The number of carbonyl (C=O) groups excluding carboxylic acids is 2. The number of nitrogens with zero attached hydrogens (tertiary/aromatic N) is 2. The van der Waals surface area contributed by atoms with Gasteiger partial charge in [0, 0.05) is 38.2 Å². The molecular formula is C17H24ClN3O4. The van der Waals surface area contributed by atoms with Crippen LogP contribution in [0, 0.1) is 5.92 Å². The van der Waals surface area contributed by atoms with Crippen molar-refractivity contribution in [3.63, 3.8) is 0 Å². The fourth-order valence-corrected chi connectivity index (χ4v) is 3.36. The van der Waals surface area contributed by atoms with E-state index in [1.165, 1.54) is 0 Å². The summed E-state index contributed by atoms with van der Waals surface area (Å²) in [5.74, 6) is 0.834. The minimum Gasteiger partial charge on any atom is -0.497 e. The number of amides is 2. The van der Waals surface area contributed by atoms with Crippen LogP contribution in [0.15, 0.2) is 18.2 Å². The molecule has 0 spiro atoms. The summed E-state index contributed by atoms with van der Waals surface area (Å²) in [6.07, 6.45) is 1.04. The highest BCUT2D eigenvalue weighted by Gasteiger charge is 2.39. The highest BCUT2D eigenvalue weighted by Crippen LogP contribution is 2.36. The normalized spacial score (nSPS) is 22.8. The van der Waals surface area contributed by atoms with Crippen molar-refractivity contribution in [2.75, 3.05) is 38.8 Å². The zero-order chi connectivity index (χ0) is 17.3. The van der Waals surface area contributed by atoms with Gasteiger partial charge in [0.1, 0.15) is 11.5 Å². The molecule has 7 nitrogen and oxygen atoms in total. The number of carbonyl (C=O) groups is 2. The van der Waals surface area contributed by atoms with Crippen molar-refractivity contribution in [2.45, 2.75) is 18.9 Å². The van der Waals surface area contributed by atoms with Crippen LogP contribution in [0.5, 0.6) is 11.5 Å². The standard InChI is InChI=1S/C17H23N3O4.ClH/c1-23-13-3-4-14(15(8-13)24-2)20-9-11(7-16(20)21)17(22)19-6-5-12(18)10-19;/h3-4,8,11-12H,5-7,9-10,18H2,1-2H3;1H/t11?,12-;/m1./s1. The van der Waals surface area contributed by atoms with Crippen molar-refractivity contribution in [3.8, 4) is 11.5 Å². The summed E-state index contributed by atoms with van der Waals surface area (Å²) in [4.78, 5) is 28.4. The average molecular weight is 370 g/mol. The first kappa shape index (κ1) is 19.3. The molecule has 0 aromatic heterocycles. The van der Waals surface area contributed by atoms with Crippen molar-refractivity contribution >= 4 is 29.9 Å². The molecule has 1 unspecified atom stereocenters. The third-order valence-corrected chi connectivity index (χ3v) is 4.69. The second-order valence-corrected chi connectivity index (χ2v) is 6.28. The van der Waals surface area contributed by atoms with E-state index in [4.69, 9.17) is 15.2 Å². The van der Waals surface area contributed by atoms with E-state index in [2.05, 4.69) is 0 Å². The highest BCUT2D eigenvalue weighted by atomic mass is 35.5. The highest BCUT2D eigenvalue weighted by molar-refractivity contribution is 6.01. The zero-order valence-electron chi connectivity index (χ0n) is 14.4. The van der Waals surface area contributed by atoms with Crippen molar-refractivity contribution in [2.24, 2.45) is 11.7 Å². The molecule has 1 aromatic carbocycles. The lowest BCUT2D eigenvalue weighted by Crippen LogP contribution is -2.37. The van der Waals surface area contributed by atoms with Gasteiger partial charge >= 0.3 is 0 Å². The Kier molecular flexibility index (Phi) is 6.13. The molecule has 25 heavy (non-hydrogen) atoms. The van der Waals surface area contributed by atoms with E-state index in [0.29, 0.717) is 36.8 Å². The number of halogens is 1. The topological polar surface area (TPSA) is 85.1 Å². The zero-order valence-corrected chi connectivity index (χ0v) is 15.3. The van der Waals surface area contributed by atoms with Gasteiger partial charge in [0.2, 0.25) is 11.8 Å². The lowest BCUT2D eigenvalue weighted by Gasteiger charge is -2.22. The number of ether oxygens (including phenoxy) is 2. The summed E-state index contributed by atoms with van der Waals surface area (Å²) in [6, 6.07) is 5.34. The van der Waals surface area contributed by atoms with Crippen LogP contribution in [-0.2, 0) is 9.59 Å². The molecule has 3 rings (SSSR count). The number of hydrogen-bond acceptors (Lipinski definition) is 5. The molecule has 0 saturated carbocycles. The summed E-state index contributed by atoms with van der Waals surface area (Å²) in [6.45, 7) is 1.62. The van der Waals surface area contributed by atoms with Crippen LogP contribution in [-0.4, -0.2) is 56.6 Å². The quantitative estimate of drug-likeness (QED) is 0.857. The predicted octanol–water partition coefficient (Wildman–Crippen LogP) is 1.04. The van der Waals surface area contributed by atoms with Crippen molar-refractivity contribution < 1.29 is 19.1 Å². The van der Waals surface area contributed by atoms with Crippen LogP contribution in [0.1, 0.15) is 12.8 Å². The molecule has 2 aliphatic rings. The van der Waals surface area contributed by atoms with E-state index >= 15 is 0 Å². The second kappa shape index (κ2) is 7.93. The lowest BCUT2D eigenvalue weighted by atomic mass is 10.1. The minimum atomic E-state index is -0.324. The summed E-state index contributed by atoms with van der Waals surface area (Å²) >= 11 is 0. The molecule has 1 aromatic rings. The van der Waals surface area contributed by atoms with E-state index < -0.39 is 0 Å². The molecule has 2 heterocycles. The van der Waals surface area contributed by atoms with Crippen LogP contribution in [0.4, 0.5) is 5.69 Å². The molecule has 2 fully saturated rings. The number of anilines is 1. The first-order chi connectivity index (χ1) is 11.5. The van der Waals surface area contributed by atoms with E-state index in [0.717, 1.165) is 6.42 Å². The van der Waals surface area contributed by atoms with Gasteiger partial charge in [-0.1, -0.05) is 0 Å². The van der Waals surface area contributed by atoms with Gasteiger partial charge in [-0.2, -0.15) is 0 Å². The van der Waals surface area contributed by atoms with E-state index in [1.54, 1.807) is 42.2 Å². The lowest BCUT2D eigenvalue weighted by molar-refractivity contribution is -0.134. The fraction of sp³-hybridized carbons (Fsp3) is 0.529. The van der Waals surface area contributed by atoms with Gasteiger partial charge in [0.15, 0.2) is 0 Å². The molecule has 2 saturated heterocycles. The van der Waals surface area contributed by atoms with E-state index in [-0.39, 0.29) is 42.6 Å². The number of methoxy groups -OCH3 is 2. The van der Waals surface area contributed by atoms with Gasteiger partial charge in [-0.3, -0.25) is 9.59 Å². The smallest absolute Gasteiger partial charge is 0.228 e. The first-order valence-corrected chi connectivity index (χ1v) is 8.10. The summed E-state index contributed by atoms with van der Waals surface area (Å²) in [7, 11) is 3.12. The number of likely N-dealkylation sites (tertiary alicyclic amines) is 1. The van der Waals surface area contributed by atoms with Crippen LogP contribution in [0.3, 0.4) is 0 Å². The Morgan fingerprint density at radius 3 is 2.60 bits per heavy atom. The molecule has 138 valence electrons. The minimum absolute atomic E-state index is 0.